The Balaban J connectivity index is 1.57. The van der Waals surface area contributed by atoms with E-state index in [1.54, 1.807) is 36.4 Å². The number of hydrogen-bond acceptors (Lipinski definition) is 6. The van der Waals surface area contributed by atoms with Gasteiger partial charge in [0.1, 0.15) is 5.75 Å². The van der Waals surface area contributed by atoms with Crippen LogP contribution in [0.2, 0.25) is 5.02 Å². The average Bonchev–Trinajstić information content (AvgIpc) is 2.79. The average molecular weight is 467 g/mol. The maximum absolute atomic E-state index is 12.9. The van der Waals surface area contributed by atoms with Crippen molar-refractivity contribution in [2.24, 2.45) is 5.92 Å². The third-order valence-electron chi connectivity index (χ3n) is 4.91. The second kappa shape index (κ2) is 10.1. The quantitative estimate of drug-likeness (QED) is 0.629. The molecule has 0 saturated carbocycles. The number of esters is 1. The number of anilines is 1. The molecule has 0 bridgehead atoms. The van der Waals surface area contributed by atoms with E-state index in [4.69, 9.17) is 21.1 Å². The van der Waals surface area contributed by atoms with E-state index in [-0.39, 0.29) is 11.4 Å². The number of ether oxygens (including phenoxy) is 2. The van der Waals surface area contributed by atoms with Crippen molar-refractivity contribution < 1.29 is 27.5 Å². The minimum absolute atomic E-state index is 0.000666. The molecule has 0 radical (unpaired) electrons. The second-order valence-corrected chi connectivity index (χ2v) is 9.36. The van der Waals surface area contributed by atoms with E-state index >= 15 is 0 Å². The number of rotatable bonds is 7. The van der Waals surface area contributed by atoms with Crippen molar-refractivity contribution >= 4 is 39.2 Å². The molecule has 0 spiro atoms. The molecule has 1 saturated heterocycles. The molecule has 0 aliphatic carbocycles. The minimum Gasteiger partial charge on any atom is -0.497 e. The highest BCUT2D eigenvalue weighted by atomic mass is 35.5. The van der Waals surface area contributed by atoms with Gasteiger partial charge in [0.05, 0.1) is 28.6 Å². The van der Waals surface area contributed by atoms with E-state index in [0.717, 1.165) is 0 Å². The van der Waals surface area contributed by atoms with E-state index in [2.05, 4.69) is 5.32 Å². The zero-order valence-electron chi connectivity index (χ0n) is 16.9. The number of halogens is 1. The van der Waals surface area contributed by atoms with Crippen molar-refractivity contribution in [1.82, 2.24) is 4.31 Å². The molecule has 0 aromatic heterocycles. The van der Waals surface area contributed by atoms with Crippen molar-refractivity contribution in [3.8, 4) is 5.75 Å². The van der Waals surface area contributed by atoms with Crippen molar-refractivity contribution in [1.29, 1.82) is 0 Å². The molecule has 31 heavy (non-hydrogen) atoms. The molecule has 2 aromatic rings. The monoisotopic (exact) mass is 466 g/mol. The van der Waals surface area contributed by atoms with Gasteiger partial charge in [-0.05, 0) is 49.2 Å². The van der Waals surface area contributed by atoms with Gasteiger partial charge < -0.3 is 14.8 Å². The van der Waals surface area contributed by atoms with Gasteiger partial charge in [0.2, 0.25) is 10.0 Å². The van der Waals surface area contributed by atoms with Crippen LogP contribution in [0.3, 0.4) is 0 Å². The summed E-state index contributed by atoms with van der Waals surface area (Å²) in [7, 11) is -2.26. The van der Waals surface area contributed by atoms with Gasteiger partial charge in [0.25, 0.3) is 5.91 Å². The summed E-state index contributed by atoms with van der Waals surface area (Å²) in [6.45, 7) is -0.170. The summed E-state index contributed by atoms with van der Waals surface area (Å²) in [6.07, 6.45) is 1.00. The number of benzene rings is 2. The van der Waals surface area contributed by atoms with Gasteiger partial charge in [0, 0.05) is 13.1 Å². The van der Waals surface area contributed by atoms with Gasteiger partial charge in [-0.3, -0.25) is 9.59 Å². The first-order chi connectivity index (χ1) is 14.8. The molecular weight excluding hydrogens is 444 g/mol. The lowest BCUT2D eigenvalue weighted by Gasteiger charge is -2.30. The van der Waals surface area contributed by atoms with Crippen molar-refractivity contribution in [2.75, 3.05) is 32.1 Å². The Bertz CT molecular complexity index is 1040. The Morgan fingerprint density at radius 2 is 1.87 bits per heavy atom. The molecule has 1 N–H and O–H groups in total. The number of nitrogens with one attached hydrogen (secondary N) is 1. The van der Waals surface area contributed by atoms with Crippen molar-refractivity contribution in [3.63, 3.8) is 0 Å². The van der Waals surface area contributed by atoms with Crippen LogP contribution < -0.4 is 10.1 Å². The highest BCUT2D eigenvalue weighted by Crippen LogP contribution is 2.26. The van der Waals surface area contributed by atoms with Crippen LogP contribution in [0, 0.1) is 5.92 Å². The van der Waals surface area contributed by atoms with E-state index < -0.39 is 34.4 Å². The molecule has 1 unspecified atom stereocenters. The van der Waals surface area contributed by atoms with E-state index in [0.29, 0.717) is 35.8 Å². The van der Waals surface area contributed by atoms with Crippen LogP contribution in [0.15, 0.2) is 53.4 Å². The summed E-state index contributed by atoms with van der Waals surface area (Å²) < 4.78 is 37.3. The van der Waals surface area contributed by atoms with Gasteiger partial charge in [-0.15, -0.1) is 0 Å². The smallest absolute Gasteiger partial charge is 0.310 e. The molecule has 8 nitrogen and oxygen atoms in total. The summed E-state index contributed by atoms with van der Waals surface area (Å²) in [6, 6.07) is 12.8. The summed E-state index contributed by atoms with van der Waals surface area (Å²) in [5, 5.41) is 2.94. The highest BCUT2D eigenvalue weighted by molar-refractivity contribution is 7.89. The second-order valence-electron chi connectivity index (χ2n) is 7.01. The summed E-state index contributed by atoms with van der Waals surface area (Å²) in [5.74, 6) is -1.23. The standard InChI is InChI=1S/C21H23ClN2O6S/c1-29-16-8-10-17(11-9-16)31(27,28)24-12-4-5-15(13-24)21(26)30-14-20(25)23-19-7-3-2-6-18(19)22/h2-3,6-11,15H,4-5,12-14H2,1H3,(H,23,25). The molecule has 10 heteroatoms. The molecule has 1 heterocycles. The van der Waals surface area contributed by atoms with Gasteiger partial charge in [0.15, 0.2) is 6.61 Å². The van der Waals surface area contributed by atoms with Crippen molar-refractivity contribution in [3.05, 3.63) is 53.6 Å². The summed E-state index contributed by atoms with van der Waals surface area (Å²) >= 11 is 5.99. The van der Waals surface area contributed by atoms with Gasteiger partial charge in [-0.25, -0.2) is 8.42 Å². The minimum atomic E-state index is -3.75. The number of hydrogen-bond donors (Lipinski definition) is 1. The fraction of sp³-hybridized carbons (Fsp3) is 0.333. The fourth-order valence-corrected chi connectivity index (χ4v) is 4.96. The lowest BCUT2D eigenvalue weighted by atomic mass is 10.00. The lowest BCUT2D eigenvalue weighted by Crippen LogP contribution is -2.43. The predicted molar refractivity (Wildman–Crippen MR) is 116 cm³/mol. The number of carbonyl (C=O) groups is 2. The number of amides is 1. The Labute approximate surface area is 186 Å². The van der Waals surface area contributed by atoms with Crippen LogP contribution in [0.4, 0.5) is 5.69 Å². The zero-order chi connectivity index (χ0) is 22.4. The van der Waals surface area contributed by atoms with E-state index in [1.165, 1.54) is 23.5 Å². The Hall–Kier alpha value is -2.62. The first kappa shape index (κ1) is 23.1. The molecule has 1 amide bonds. The Morgan fingerprint density at radius 3 is 2.55 bits per heavy atom. The Morgan fingerprint density at radius 1 is 1.16 bits per heavy atom. The molecule has 166 valence electrons. The van der Waals surface area contributed by atoms with Crippen LogP contribution in [0.1, 0.15) is 12.8 Å². The predicted octanol–water partition coefficient (Wildman–Crippen LogP) is 2.93. The van der Waals surface area contributed by atoms with Gasteiger partial charge in [-0.2, -0.15) is 4.31 Å². The number of piperidine rings is 1. The van der Waals surface area contributed by atoms with Crippen LogP contribution in [0.25, 0.3) is 0 Å². The summed E-state index contributed by atoms with van der Waals surface area (Å²) in [4.78, 5) is 24.6. The molecule has 1 aliphatic rings. The number of nitrogens with zero attached hydrogens (tertiary/aromatic N) is 1. The van der Waals surface area contributed by atoms with Crippen molar-refractivity contribution in [2.45, 2.75) is 17.7 Å². The first-order valence-electron chi connectivity index (χ1n) is 9.66. The fourth-order valence-electron chi connectivity index (χ4n) is 3.25. The van der Waals surface area contributed by atoms with E-state index in [1.807, 2.05) is 0 Å². The maximum Gasteiger partial charge on any atom is 0.310 e. The SMILES string of the molecule is COc1ccc(S(=O)(=O)N2CCCC(C(=O)OCC(=O)Nc3ccccc3Cl)C2)cc1. The topological polar surface area (TPSA) is 102 Å². The molecule has 3 rings (SSSR count). The summed E-state index contributed by atoms with van der Waals surface area (Å²) in [5.41, 5.74) is 0.416. The number of carbonyl (C=O) groups excluding carboxylic acids is 2. The largest absolute Gasteiger partial charge is 0.497 e. The molecular formula is C21H23ClN2O6S. The lowest BCUT2D eigenvalue weighted by molar-refractivity contribution is -0.152. The first-order valence-corrected chi connectivity index (χ1v) is 11.5. The van der Waals surface area contributed by atoms with Crippen LogP contribution in [0.5, 0.6) is 5.75 Å². The highest BCUT2D eigenvalue weighted by Gasteiger charge is 2.34. The van der Waals surface area contributed by atoms with Crippen LogP contribution in [-0.2, 0) is 24.3 Å². The normalized spacial score (nSPS) is 17.0. The number of para-hydroxylation sites is 1. The van der Waals surface area contributed by atoms with Crippen LogP contribution in [-0.4, -0.2) is 51.4 Å². The molecule has 1 atom stereocenters. The third kappa shape index (κ3) is 5.75. The molecule has 1 fully saturated rings. The van der Waals surface area contributed by atoms with Gasteiger partial charge >= 0.3 is 5.97 Å². The van der Waals surface area contributed by atoms with E-state index in [9.17, 15) is 18.0 Å². The third-order valence-corrected chi connectivity index (χ3v) is 7.12. The zero-order valence-corrected chi connectivity index (χ0v) is 18.5. The number of methoxy groups -OCH3 is 1. The Kier molecular flexibility index (Phi) is 7.53. The molecule has 1 aliphatic heterocycles. The molecule has 2 aromatic carbocycles. The van der Waals surface area contributed by atoms with Gasteiger partial charge in [-0.1, -0.05) is 23.7 Å². The maximum atomic E-state index is 12.9. The van der Waals surface area contributed by atoms with Crippen LogP contribution >= 0.6 is 11.6 Å². The number of sulfonamides is 1.